The first-order valence-corrected chi connectivity index (χ1v) is 9.36. The van der Waals surface area contributed by atoms with Crippen molar-refractivity contribution >= 4 is 0 Å². The third-order valence-corrected chi connectivity index (χ3v) is 5.45. The smallest absolute Gasteiger partial charge is 0.242 e. The molecular weight excluding hydrogens is 390 g/mol. The Hall–Kier alpha value is -3.81. The van der Waals surface area contributed by atoms with Crippen molar-refractivity contribution in [2.45, 2.75) is 18.5 Å². The standard InChI is InChI=1S/C22H16F2N4O2/c23-15-5-1-13(2-6-15)19(14-3-7-16(24)8-4-14)17-12-27-10-9-25-22(27)20-21(30)18(29)11-26-28(17)20/h1-11,17,19,30H,12H2/t17-/m1/s1. The van der Waals surface area contributed by atoms with Gasteiger partial charge in [0.25, 0.3) is 0 Å². The molecule has 4 aromatic rings. The predicted octanol–water partition coefficient (Wildman–Crippen LogP) is 3.48. The number of aromatic hydroxyl groups is 1. The lowest BCUT2D eigenvalue weighted by Gasteiger charge is -2.34. The summed E-state index contributed by atoms with van der Waals surface area (Å²) in [4.78, 5) is 16.3. The van der Waals surface area contributed by atoms with Gasteiger partial charge in [0.1, 0.15) is 17.3 Å². The van der Waals surface area contributed by atoms with E-state index in [9.17, 15) is 18.7 Å². The van der Waals surface area contributed by atoms with Crippen LogP contribution in [0.5, 0.6) is 5.75 Å². The summed E-state index contributed by atoms with van der Waals surface area (Å²) >= 11 is 0. The van der Waals surface area contributed by atoms with Gasteiger partial charge in [-0.05, 0) is 35.4 Å². The van der Waals surface area contributed by atoms with Gasteiger partial charge in [0.15, 0.2) is 11.6 Å². The summed E-state index contributed by atoms with van der Waals surface area (Å²) in [5.41, 5.74) is 1.21. The van der Waals surface area contributed by atoms with Crippen molar-refractivity contribution in [1.82, 2.24) is 19.3 Å². The Morgan fingerprint density at radius 2 is 1.60 bits per heavy atom. The molecule has 0 aliphatic carbocycles. The molecule has 0 radical (unpaired) electrons. The first kappa shape index (κ1) is 18.2. The zero-order valence-electron chi connectivity index (χ0n) is 15.6. The average Bonchev–Trinajstić information content (AvgIpc) is 3.22. The van der Waals surface area contributed by atoms with Gasteiger partial charge in [-0.2, -0.15) is 5.10 Å². The van der Waals surface area contributed by atoms with Crippen LogP contribution >= 0.6 is 0 Å². The molecule has 0 saturated heterocycles. The molecule has 8 heteroatoms. The molecule has 0 unspecified atom stereocenters. The summed E-state index contributed by atoms with van der Waals surface area (Å²) in [6.45, 7) is 0.442. The molecule has 30 heavy (non-hydrogen) atoms. The maximum atomic E-state index is 13.6. The first-order chi connectivity index (χ1) is 14.5. The summed E-state index contributed by atoms with van der Waals surface area (Å²) in [5, 5.41) is 14.8. The van der Waals surface area contributed by atoms with Crippen LogP contribution < -0.4 is 5.43 Å². The zero-order valence-corrected chi connectivity index (χ0v) is 15.6. The van der Waals surface area contributed by atoms with Gasteiger partial charge in [-0.15, -0.1) is 0 Å². The summed E-state index contributed by atoms with van der Waals surface area (Å²) < 4.78 is 30.6. The van der Waals surface area contributed by atoms with Crippen LogP contribution in [0.25, 0.3) is 11.5 Å². The molecule has 1 atom stereocenters. The van der Waals surface area contributed by atoms with Crippen LogP contribution in [-0.2, 0) is 6.54 Å². The molecule has 3 heterocycles. The molecule has 0 bridgehead atoms. The van der Waals surface area contributed by atoms with E-state index in [1.54, 1.807) is 41.3 Å². The lowest BCUT2D eigenvalue weighted by molar-refractivity contribution is 0.331. The van der Waals surface area contributed by atoms with Gasteiger partial charge in [-0.3, -0.25) is 9.48 Å². The van der Waals surface area contributed by atoms with Crippen LogP contribution in [0, 0.1) is 11.6 Å². The third-order valence-electron chi connectivity index (χ3n) is 5.45. The molecule has 2 aromatic carbocycles. The van der Waals surface area contributed by atoms with Crippen molar-refractivity contribution < 1.29 is 13.9 Å². The van der Waals surface area contributed by atoms with Gasteiger partial charge in [0.05, 0.1) is 12.2 Å². The van der Waals surface area contributed by atoms with Gasteiger partial charge in [0, 0.05) is 24.9 Å². The fourth-order valence-corrected chi connectivity index (χ4v) is 4.09. The van der Waals surface area contributed by atoms with Crippen LogP contribution in [0.15, 0.2) is 71.9 Å². The lowest BCUT2D eigenvalue weighted by atomic mass is 9.84. The highest BCUT2D eigenvalue weighted by Crippen LogP contribution is 2.42. The fraction of sp³-hybridized carbons (Fsp3) is 0.136. The Morgan fingerprint density at radius 1 is 1.00 bits per heavy atom. The highest BCUT2D eigenvalue weighted by atomic mass is 19.1. The van der Waals surface area contributed by atoms with E-state index in [-0.39, 0.29) is 29.3 Å². The summed E-state index contributed by atoms with van der Waals surface area (Å²) in [5.74, 6) is -1.08. The minimum absolute atomic E-state index is 0.220. The van der Waals surface area contributed by atoms with Gasteiger partial charge in [-0.25, -0.2) is 13.8 Å². The minimum Gasteiger partial charge on any atom is -0.503 e. The number of fused-ring (bicyclic) bond motifs is 3. The number of halogens is 2. The van der Waals surface area contributed by atoms with Crippen molar-refractivity contribution in [3.63, 3.8) is 0 Å². The van der Waals surface area contributed by atoms with E-state index in [0.29, 0.717) is 12.4 Å². The molecule has 1 N–H and O–H groups in total. The summed E-state index contributed by atoms with van der Waals surface area (Å²) in [7, 11) is 0. The Kier molecular flexibility index (Phi) is 4.20. The fourth-order valence-electron chi connectivity index (χ4n) is 4.09. The van der Waals surface area contributed by atoms with Gasteiger partial charge < -0.3 is 9.67 Å². The second-order valence-corrected chi connectivity index (χ2v) is 7.20. The van der Waals surface area contributed by atoms with E-state index in [1.165, 1.54) is 24.3 Å². The van der Waals surface area contributed by atoms with Crippen LogP contribution in [0.3, 0.4) is 0 Å². The second kappa shape index (κ2) is 6.91. The number of nitrogens with zero attached hydrogens (tertiary/aromatic N) is 4. The minimum atomic E-state index is -0.600. The Morgan fingerprint density at radius 3 is 2.20 bits per heavy atom. The number of hydrogen-bond acceptors (Lipinski definition) is 4. The normalized spacial score (nSPS) is 15.1. The van der Waals surface area contributed by atoms with Gasteiger partial charge >= 0.3 is 0 Å². The monoisotopic (exact) mass is 406 g/mol. The van der Waals surface area contributed by atoms with Crippen molar-refractivity contribution in [3.05, 3.63) is 100 Å². The largest absolute Gasteiger partial charge is 0.503 e. The summed E-state index contributed by atoms with van der Waals surface area (Å²) in [6, 6.07) is 11.8. The topological polar surface area (TPSA) is 72.9 Å². The number of rotatable bonds is 3. The van der Waals surface area contributed by atoms with Crippen molar-refractivity contribution in [2.75, 3.05) is 0 Å². The van der Waals surface area contributed by atoms with Gasteiger partial charge in [0.2, 0.25) is 5.43 Å². The maximum absolute atomic E-state index is 13.6. The van der Waals surface area contributed by atoms with Crippen LogP contribution in [0.2, 0.25) is 0 Å². The van der Waals surface area contributed by atoms with Gasteiger partial charge in [-0.1, -0.05) is 24.3 Å². The number of hydrogen-bond donors (Lipinski definition) is 1. The molecular formula is C22H16F2N4O2. The Labute approximate surface area is 169 Å². The molecule has 5 rings (SSSR count). The molecule has 2 aromatic heterocycles. The van der Waals surface area contributed by atoms with Crippen molar-refractivity contribution in [1.29, 1.82) is 0 Å². The molecule has 0 fully saturated rings. The van der Waals surface area contributed by atoms with Crippen molar-refractivity contribution in [2.24, 2.45) is 0 Å². The number of aromatic nitrogens is 4. The summed E-state index contributed by atoms with van der Waals surface area (Å²) in [6.07, 6.45) is 4.41. The molecule has 150 valence electrons. The highest BCUT2D eigenvalue weighted by molar-refractivity contribution is 5.60. The van der Waals surface area contributed by atoms with E-state index in [0.717, 1.165) is 17.3 Å². The molecule has 0 amide bonds. The van der Waals surface area contributed by atoms with Crippen LogP contribution in [0.4, 0.5) is 8.78 Å². The molecule has 1 aliphatic heterocycles. The maximum Gasteiger partial charge on any atom is 0.242 e. The average molecular weight is 406 g/mol. The zero-order chi connectivity index (χ0) is 20.8. The Balaban J connectivity index is 1.74. The van der Waals surface area contributed by atoms with E-state index >= 15 is 0 Å². The van der Waals surface area contributed by atoms with Crippen LogP contribution in [-0.4, -0.2) is 24.4 Å². The molecule has 1 aliphatic rings. The quantitative estimate of drug-likeness (QED) is 0.565. The number of benzene rings is 2. The van der Waals surface area contributed by atoms with E-state index < -0.39 is 11.2 Å². The van der Waals surface area contributed by atoms with E-state index in [1.807, 2.05) is 4.57 Å². The van der Waals surface area contributed by atoms with E-state index in [2.05, 4.69) is 10.1 Å². The number of imidazole rings is 1. The predicted molar refractivity (Wildman–Crippen MR) is 105 cm³/mol. The second-order valence-electron chi connectivity index (χ2n) is 7.20. The lowest BCUT2D eigenvalue weighted by Crippen LogP contribution is -2.32. The highest BCUT2D eigenvalue weighted by Gasteiger charge is 2.35. The molecule has 0 spiro atoms. The molecule has 6 nitrogen and oxygen atoms in total. The molecule has 0 saturated carbocycles. The Bertz CT molecular complexity index is 1230. The SMILES string of the molecule is O=c1cnn2c(c1O)-c1nccn1C[C@@H]2C(c1ccc(F)cc1)c1ccc(F)cc1. The third kappa shape index (κ3) is 2.88. The van der Waals surface area contributed by atoms with Crippen LogP contribution in [0.1, 0.15) is 23.1 Å². The van der Waals surface area contributed by atoms with E-state index in [4.69, 9.17) is 0 Å². The first-order valence-electron chi connectivity index (χ1n) is 9.36. The van der Waals surface area contributed by atoms with Crippen molar-refractivity contribution in [3.8, 4) is 17.3 Å².